The van der Waals surface area contributed by atoms with Crippen LogP contribution in [0.3, 0.4) is 0 Å². The molecule has 1 saturated carbocycles. The van der Waals surface area contributed by atoms with Gasteiger partial charge in [-0.2, -0.15) is 5.06 Å². The van der Waals surface area contributed by atoms with Gasteiger partial charge in [-0.05, 0) is 62.4 Å². The van der Waals surface area contributed by atoms with Gasteiger partial charge >= 0.3 is 11.9 Å². The van der Waals surface area contributed by atoms with Gasteiger partial charge in [0.1, 0.15) is 48.1 Å². The zero-order valence-electron chi connectivity index (χ0n) is 33.1. The molecule has 314 valence electrons. The maximum absolute atomic E-state index is 15.0. The smallest absolute Gasteiger partial charge is 0.327 e. The number of hydrogen-bond acceptors (Lipinski definition) is 14. The van der Waals surface area contributed by atoms with Gasteiger partial charge in [-0.15, -0.1) is 0 Å². The minimum absolute atomic E-state index is 0.00909. The number of esters is 2. The summed E-state index contributed by atoms with van der Waals surface area (Å²) in [5.41, 5.74) is 1.35. The van der Waals surface area contributed by atoms with Crippen LogP contribution in [-0.2, 0) is 67.1 Å². The summed E-state index contributed by atoms with van der Waals surface area (Å²) in [5, 5.41) is 36.7. The summed E-state index contributed by atoms with van der Waals surface area (Å²) in [6, 6.07) is 11.6. The lowest BCUT2D eigenvalue weighted by atomic mass is 9.62. The fourth-order valence-electron chi connectivity index (χ4n) is 8.79. The lowest BCUT2D eigenvalue weighted by Gasteiger charge is -2.49. The third-order valence-electron chi connectivity index (χ3n) is 11.3. The Hall–Kier alpha value is -4.42. The molecule has 1 spiro atoms. The van der Waals surface area contributed by atoms with E-state index >= 15 is 0 Å². The highest BCUT2D eigenvalue weighted by molar-refractivity contribution is 5.96. The zero-order valence-corrected chi connectivity index (χ0v) is 33.1. The monoisotopic (exact) mass is 807 g/mol. The highest BCUT2D eigenvalue weighted by Gasteiger charge is 2.76. The number of fused-ring (bicyclic) bond motifs is 5. The zero-order chi connectivity index (χ0) is 41.4. The molecule has 0 radical (unpaired) electrons. The van der Waals surface area contributed by atoms with Crippen molar-refractivity contribution < 1.29 is 63.0 Å². The van der Waals surface area contributed by atoms with Crippen LogP contribution in [0.2, 0.25) is 0 Å². The quantitative estimate of drug-likeness (QED) is 0.0974. The number of aliphatic hydroxyl groups excluding tert-OH is 3. The molecule has 58 heavy (non-hydrogen) atoms. The van der Waals surface area contributed by atoms with Crippen LogP contribution in [0.4, 0.5) is 0 Å². The molecule has 3 aliphatic heterocycles. The van der Waals surface area contributed by atoms with Crippen LogP contribution >= 0.6 is 0 Å². The van der Waals surface area contributed by atoms with Gasteiger partial charge < -0.3 is 49.6 Å². The summed E-state index contributed by atoms with van der Waals surface area (Å²) < 4.78 is 30.1. The summed E-state index contributed by atoms with van der Waals surface area (Å²) in [5.74, 6) is -3.80. The number of hydrogen-bond donors (Lipinski definition) is 5. The van der Waals surface area contributed by atoms with E-state index in [9.17, 15) is 29.4 Å². The van der Waals surface area contributed by atoms with Crippen molar-refractivity contribution in [3.8, 4) is 0 Å². The first-order valence-electron chi connectivity index (χ1n) is 19.8. The normalized spacial score (nSPS) is 28.3. The van der Waals surface area contributed by atoms with Crippen molar-refractivity contribution in [2.75, 3.05) is 19.8 Å². The molecule has 3 saturated heterocycles. The number of rotatable bonds is 15. The number of ether oxygens (including phenoxy) is 5. The number of aliphatic hydroxyl groups is 3. The van der Waals surface area contributed by atoms with Gasteiger partial charge in [0, 0.05) is 25.7 Å². The molecule has 7 rings (SSSR count). The van der Waals surface area contributed by atoms with Crippen molar-refractivity contribution in [1.29, 1.82) is 0 Å². The molecule has 4 fully saturated rings. The van der Waals surface area contributed by atoms with E-state index in [1.165, 1.54) is 18.2 Å². The Labute approximate surface area is 336 Å². The first-order valence-corrected chi connectivity index (χ1v) is 19.8. The summed E-state index contributed by atoms with van der Waals surface area (Å²) in [6.45, 7) is 6.16. The van der Waals surface area contributed by atoms with E-state index in [0.29, 0.717) is 12.8 Å². The Kier molecular flexibility index (Phi) is 12.0. The van der Waals surface area contributed by atoms with E-state index in [4.69, 9.17) is 33.6 Å². The van der Waals surface area contributed by atoms with Crippen molar-refractivity contribution in [2.45, 2.75) is 126 Å². The molecule has 0 unspecified atom stereocenters. The summed E-state index contributed by atoms with van der Waals surface area (Å²) in [7, 11) is 0. The van der Waals surface area contributed by atoms with Gasteiger partial charge in [0.25, 0.3) is 0 Å². The molecule has 9 atom stereocenters. The number of nitrogens with one attached hydrogen (secondary N) is 2. The van der Waals surface area contributed by atoms with E-state index in [-0.39, 0.29) is 39.0 Å². The van der Waals surface area contributed by atoms with Crippen molar-refractivity contribution in [3.63, 3.8) is 0 Å². The van der Waals surface area contributed by atoms with Crippen molar-refractivity contribution >= 4 is 29.8 Å². The number of carbonyl (C=O) groups is 4. The first-order chi connectivity index (χ1) is 27.6. The standard InChI is InChI=1S/C42H53N3O13/c1-24(48)32(37(50)43-29(23-47)13-14-31(49)55-40(2,3)4)44-39(52)42-21-30-33-34(57-41(56-33)19-27-7-5-6-8-28(27)20-41)36(42)58-45(35(42)38(51)54-30)22-26-11-9-25(10-12-26)15-17-53-18-16-46/h5-12,15,17,24,29-30,32-36,46-48H,13-14,16,18-23H2,1-4H3,(H,43,50)(H,44,52)/t24-,29-,30+,32+,33-,34-,35-,36+,42-/m0/s1. The van der Waals surface area contributed by atoms with Crippen LogP contribution in [0.15, 0.2) is 54.8 Å². The Morgan fingerprint density at radius 1 is 1.02 bits per heavy atom. The van der Waals surface area contributed by atoms with Crippen LogP contribution in [0, 0.1) is 5.41 Å². The Balaban J connectivity index is 1.15. The summed E-state index contributed by atoms with van der Waals surface area (Å²) in [6.07, 6.45) is -0.877. The molecule has 5 N–H and O–H groups in total. The highest BCUT2D eigenvalue weighted by atomic mass is 16.8. The lowest BCUT2D eigenvalue weighted by Crippen LogP contribution is -2.71. The van der Waals surface area contributed by atoms with Gasteiger partial charge in [-0.1, -0.05) is 48.5 Å². The van der Waals surface area contributed by atoms with Crippen LogP contribution in [0.25, 0.3) is 6.08 Å². The molecule has 2 aromatic carbocycles. The molecule has 5 aliphatic rings. The second-order valence-corrected chi connectivity index (χ2v) is 16.8. The third kappa shape index (κ3) is 8.37. The van der Waals surface area contributed by atoms with Gasteiger partial charge in [0.15, 0.2) is 11.8 Å². The van der Waals surface area contributed by atoms with Gasteiger partial charge in [0.2, 0.25) is 11.8 Å². The molecule has 16 nitrogen and oxygen atoms in total. The van der Waals surface area contributed by atoms with E-state index in [1.807, 2.05) is 48.5 Å². The fraction of sp³-hybridized carbons (Fsp3) is 0.571. The minimum Gasteiger partial charge on any atom is -0.499 e. The topological polar surface area (TPSA) is 212 Å². The van der Waals surface area contributed by atoms with Gasteiger partial charge in [-0.25, -0.2) is 0 Å². The highest BCUT2D eigenvalue weighted by Crippen LogP contribution is 2.58. The number of amides is 2. The average molecular weight is 808 g/mol. The minimum atomic E-state index is -1.64. The Morgan fingerprint density at radius 2 is 1.71 bits per heavy atom. The summed E-state index contributed by atoms with van der Waals surface area (Å²) >= 11 is 0. The average Bonchev–Trinajstić information content (AvgIpc) is 3.85. The largest absolute Gasteiger partial charge is 0.499 e. The molecule has 3 heterocycles. The van der Waals surface area contributed by atoms with Gasteiger partial charge in [-0.3, -0.25) is 24.0 Å². The second-order valence-electron chi connectivity index (χ2n) is 16.8. The second kappa shape index (κ2) is 16.7. The van der Waals surface area contributed by atoms with Crippen LogP contribution in [-0.4, -0.2) is 124 Å². The fourth-order valence-corrected chi connectivity index (χ4v) is 8.79. The maximum atomic E-state index is 15.0. The van der Waals surface area contributed by atoms with Gasteiger partial charge in [0.05, 0.1) is 38.2 Å². The van der Waals surface area contributed by atoms with Crippen LogP contribution in [0.1, 0.15) is 69.2 Å². The molecule has 2 aromatic rings. The molecular weight excluding hydrogens is 754 g/mol. The van der Waals surface area contributed by atoms with E-state index in [1.54, 1.807) is 26.8 Å². The molecule has 2 aliphatic carbocycles. The molecule has 2 amide bonds. The number of nitrogens with zero attached hydrogens (tertiary/aromatic N) is 1. The SMILES string of the molecule is C[C@H](O)[C@@H](NC(=O)[C@@]12C[C@H]3OC(=O)[C@@H]1N(Cc1ccc(C=COCCO)cc1)O[C@@H]2[C@H]1OC2(Cc4ccccc4C2)O[C@H]13)C(=O)N[C@H](CO)CCC(=O)OC(C)(C)C. The van der Waals surface area contributed by atoms with Crippen molar-refractivity contribution in [1.82, 2.24) is 15.7 Å². The number of carbonyl (C=O) groups excluding carboxylic acids is 4. The molecule has 2 bridgehead atoms. The Morgan fingerprint density at radius 3 is 2.34 bits per heavy atom. The predicted octanol–water partition coefficient (Wildman–Crippen LogP) is 1.21. The van der Waals surface area contributed by atoms with Crippen molar-refractivity contribution in [3.05, 3.63) is 77.0 Å². The molecule has 0 aromatic heterocycles. The third-order valence-corrected chi connectivity index (χ3v) is 11.3. The molecular formula is C42H53N3O13. The summed E-state index contributed by atoms with van der Waals surface area (Å²) in [4.78, 5) is 61.9. The van der Waals surface area contributed by atoms with E-state index in [0.717, 1.165) is 22.3 Å². The van der Waals surface area contributed by atoms with Crippen LogP contribution in [0.5, 0.6) is 0 Å². The number of hydroxylamine groups is 2. The Bertz CT molecular complexity index is 1850. The molecule has 16 heteroatoms. The van der Waals surface area contributed by atoms with E-state index in [2.05, 4.69) is 10.6 Å². The predicted molar refractivity (Wildman–Crippen MR) is 204 cm³/mol. The van der Waals surface area contributed by atoms with Crippen LogP contribution < -0.4 is 10.6 Å². The lowest BCUT2D eigenvalue weighted by molar-refractivity contribution is -0.217. The maximum Gasteiger partial charge on any atom is 0.327 e. The first kappa shape index (κ1) is 41.7. The van der Waals surface area contributed by atoms with Crippen molar-refractivity contribution in [2.24, 2.45) is 5.41 Å². The number of benzene rings is 2. The van der Waals surface area contributed by atoms with E-state index < -0.39 is 95.8 Å².